The molecule has 0 saturated heterocycles. The van der Waals surface area contributed by atoms with Gasteiger partial charge in [-0.15, -0.1) is 0 Å². The number of carboxylic acids is 1. The van der Waals surface area contributed by atoms with Gasteiger partial charge in [-0.2, -0.15) is 4.98 Å². The predicted molar refractivity (Wildman–Crippen MR) is 116 cm³/mol. The van der Waals surface area contributed by atoms with E-state index in [0.717, 1.165) is 31.2 Å². The van der Waals surface area contributed by atoms with Crippen molar-refractivity contribution in [1.29, 1.82) is 0 Å². The molecule has 6 nitrogen and oxygen atoms in total. The highest BCUT2D eigenvalue weighted by atomic mass is 16.5. The van der Waals surface area contributed by atoms with Gasteiger partial charge in [-0.1, -0.05) is 79.9 Å². The van der Waals surface area contributed by atoms with Crippen LogP contribution in [-0.4, -0.2) is 26.2 Å². The normalized spacial score (nSPS) is 15.4. The topological polar surface area (TPSA) is 92.5 Å². The number of rotatable bonds is 7. The predicted octanol–water partition coefficient (Wildman–Crippen LogP) is 4.90. The molecule has 2 N–H and O–H groups in total. The lowest BCUT2D eigenvalue weighted by Crippen LogP contribution is -2.32. The molecule has 0 amide bonds. The maximum Gasteiger partial charge on any atom is 0.358 e. The summed E-state index contributed by atoms with van der Waals surface area (Å²) in [4.78, 5) is 20.5. The Morgan fingerprint density at radius 3 is 2.23 bits per heavy atom. The van der Waals surface area contributed by atoms with Gasteiger partial charge < -0.3 is 14.9 Å². The smallest absolute Gasteiger partial charge is 0.358 e. The molecule has 31 heavy (non-hydrogen) atoms. The van der Waals surface area contributed by atoms with Crippen molar-refractivity contribution >= 4 is 5.97 Å². The van der Waals surface area contributed by atoms with E-state index in [1.807, 2.05) is 48.5 Å². The van der Waals surface area contributed by atoms with Gasteiger partial charge in [-0.3, -0.25) is 0 Å². The number of hydrogen-bond acceptors (Lipinski definition) is 5. The molecular weight excluding hydrogens is 392 g/mol. The van der Waals surface area contributed by atoms with Crippen molar-refractivity contribution in [2.45, 2.75) is 50.5 Å². The number of aromatic hydroxyl groups is 1. The summed E-state index contributed by atoms with van der Waals surface area (Å²) in [5.41, 5.74) is 1.60. The molecule has 160 valence electrons. The molecule has 3 aromatic rings. The van der Waals surface area contributed by atoms with Gasteiger partial charge in [-0.05, 0) is 24.0 Å². The molecule has 4 rings (SSSR count). The number of aromatic nitrogens is 2. The first kappa shape index (κ1) is 20.8. The van der Waals surface area contributed by atoms with E-state index < -0.39 is 11.8 Å². The van der Waals surface area contributed by atoms with E-state index in [9.17, 15) is 15.0 Å². The van der Waals surface area contributed by atoms with E-state index in [1.54, 1.807) is 0 Å². The number of hydrogen-bond donors (Lipinski definition) is 2. The Kier molecular flexibility index (Phi) is 6.16. The highest BCUT2D eigenvalue weighted by Crippen LogP contribution is 2.42. The standard InChI is InChI=1S/C25H26N2O4/c28-23-22(31-17-18-10-4-1-5-11-18)21(24(29)30)26-20(27-23)16-25(14-8-3-9-15-25)19-12-6-2-7-13-19/h1-2,4-7,10-13H,3,8-9,14-17H2,(H,29,30)(H,26,27,28). The Labute approximate surface area is 181 Å². The fraction of sp³-hybridized carbons (Fsp3) is 0.320. The fourth-order valence-electron chi connectivity index (χ4n) is 4.46. The third kappa shape index (κ3) is 4.68. The Balaban J connectivity index is 1.64. The van der Waals surface area contributed by atoms with Crippen molar-refractivity contribution in [3.05, 3.63) is 83.3 Å². The van der Waals surface area contributed by atoms with Crippen molar-refractivity contribution < 1.29 is 19.7 Å². The van der Waals surface area contributed by atoms with Crippen LogP contribution in [-0.2, 0) is 18.4 Å². The van der Waals surface area contributed by atoms with Crippen LogP contribution in [0.5, 0.6) is 11.6 Å². The van der Waals surface area contributed by atoms with Crippen molar-refractivity contribution in [2.75, 3.05) is 0 Å². The zero-order valence-corrected chi connectivity index (χ0v) is 17.3. The average molecular weight is 418 g/mol. The lowest BCUT2D eigenvalue weighted by Gasteiger charge is -2.37. The summed E-state index contributed by atoms with van der Waals surface area (Å²) in [7, 11) is 0. The van der Waals surface area contributed by atoms with Crippen LogP contribution in [0.3, 0.4) is 0 Å². The van der Waals surface area contributed by atoms with Gasteiger partial charge in [0.05, 0.1) is 0 Å². The molecule has 1 aromatic heterocycles. The number of benzene rings is 2. The number of nitrogens with zero attached hydrogens (tertiary/aromatic N) is 2. The first-order chi connectivity index (χ1) is 15.1. The van der Waals surface area contributed by atoms with Crippen molar-refractivity contribution in [2.24, 2.45) is 0 Å². The second-order valence-electron chi connectivity index (χ2n) is 8.10. The quantitative estimate of drug-likeness (QED) is 0.567. The Bertz CT molecular complexity index is 1030. The molecule has 0 radical (unpaired) electrons. The minimum atomic E-state index is -1.25. The first-order valence-electron chi connectivity index (χ1n) is 10.6. The summed E-state index contributed by atoms with van der Waals surface area (Å²) in [6.45, 7) is 0.116. The summed E-state index contributed by atoms with van der Waals surface area (Å²) in [6, 6.07) is 19.6. The molecule has 1 fully saturated rings. The molecular formula is C25H26N2O4. The third-order valence-corrected chi connectivity index (χ3v) is 6.02. The second-order valence-corrected chi connectivity index (χ2v) is 8.10. The van der Waals surface area contributed by atoms with Gasteiger partial charge in [0.2, 0.25) is 5.75 Å². The maximum atomic E-state index is 11.9. The van der Waals surface area contributed by atoms with Crippen LogP contribution in [0.2, 0.25) is 0 Å². The van der Waals surface area contributed by atoms with Crippen LogP contribution in [0, 0.1) is 0 Å². The van der Waals surface area contributed by atoms with E-state index >= 15 is 0 Å². The Hall–Kier alpha value is -3.41. The number of carboxylic acid groups (broad SMARTS) is 1. The summed E-state index contributed by atoms with van der Waals surface area (Å²) in [5, 5.41) is 20.3. The monoisotopic (exact) mass is 418 g/mol. The van der Waals surface area contributed by atoms with Crippen molar-refractivity contribution in [1.82, 2.24) is 9.97 Å². The van der Waals surface area contributed by atoms with E-state index in [4.69, 9.17) is 4.74 Å². The summed E-state index contributed by atoms with van der Waals surface area (Å²) < 4.78 is 5.61. The molecule has 6 heteroatoms. The van der Waals surface area contributed by atoms with E-state index in [0.29, 0.717) is 12.2 Å². The van der Waals surface area contributed by atoms with Gasteiger partial charge in [0.15, 0.2) is 5.69 Å². The molecule has 0 unspecified atom stereocenters. The second kappa shape index (κ2) is 9.16. The molecule has 0 aliphatic heterocycles. The van der Waals surface area contributed by atoms with Crippen LogP contribution in [0.4, 0.5) is 0 Å². The number of ether oxygens (including phenoxy) is 1. The fourth-order valence-corrected chi connectivity index (χ4v) is 4.46. The molecule has 1 aliphatic rings. The first-order valence-corrected chi connectivity index (χ1v) is 10.6. The minimum Gasteiger partial charge on any atom is -0.491 e. The van der Waals surface area contributed by atoms with Crippen LogP contribution in [0.1, 0.15) is 59.5 Å². The minimum absolute atomic E-state index is 0.116. The van der Waals surface area contributed by atoms with E-state index in [2.05, 4.69) is 22.1 Å². The zero-order chi connectivity index (χ0) is 21.7. The highest BCUT2D eigenvalue weighted by Gasteiger charge is 2.36. The molecule has 2 aromatic carbocycles. The molecule has 1 aliphatic carbocycles. The van der Waals surface area contributed by atoms with Gasteiger partial charge in [0.25, 0.3) is 5.88 Å². The number of aromatic carboxylic acids is 1. The SMILES string of the molecule is O=C(O)c1nc(CC2(c3ccccc3)CCCCC2)nc(O)c1OCc1ccccc1. The molecule has 0 atom stereocenters. The lowest BCUT2D eigenvalue weighted by molar-refractivity contribution is 0.0682. The molecule has 0 spiro atoms. The average Bonchev–Trinajstić information content (AvgIpc) is 2.80. The Morgan fingerprint density at radius 1 is 0.935 bits per heavy atom. The van der Waals surface area contributed by atoms with Crippen LogP contribution < -0.4 is 4.74 Å². The largest absolute Gasteiger partial charge is 0.491 e. The van der Waals surface area contributed by atoms with E-state index in [-0.39, 0.29) is 23.5 Å². The maximum absolute atomic E-state index is 11.9. The van der Waals surface area contributed by atoms with Gasteiger partial charge in [0, 0.05) is 11.8 Å². The lowest BCUT2D eigenvalue weighted by atomic mass is 9.67. The van der Waals surface area contributed by atoms with Crippen molar-refractivity contribution in [3.8, 4) is 11.6 Å². The molecule has 0 bridgehead atoms. The van der Waals surface area contributed by atoms with Gasteiger partial charge >= 0.3 is 5.97 Å². The van der Waals surface area contributed by atoms with Gasteiger partial charge in [0.1, 0.15) is 12.4 Å². The number of carbonyl (C=O) groups is 1. The zero-order valence-electron chi connectivity index (χ0n) is 17.3. The van der Waals surface area contributed by atoms with Gasteiger partial charge in [-0.25, -0.2) is 9.78 Å². The third-order valence-electron chi connectivity index (χ3n) is 6.02. The summed E-state index contributed by atoms with van der Waals surface area (Å²) >= 11 is 0. The van der Waals surface area contributed by atoms with Crippen LogP contribution in [0.15, 0.2) is 60.7 Å². The molecule has 1 saturated carbocycles. The van der Waals surface area contributed by atoms with E-state index in [1.165, 1.54) is 12.0 Å². The molecule has 1 heterocycles. The Morgan fingerprint density at radius 2 is 1.58 bits per heavy atom. The highest BCUT2D eigenvalue weighted by molar-refractivity contribution is 5.89. The van der Waals surface area contributed by atoms with Crippen molar-refractivity contribution in [3.63, 3.8) is 0 Å². The van der Waals surface area contributed by atoms with Crippen LogP contribution in [0.25, 0.3) is 0 Å². The summed E-state index contributed by atoms with van der Waals surface area (Å²) in [5.74, 6) is -1.55. The van der Waals surface area contributed by atoms with Crippen LogP contribution >= 0.6 is 0 Å². The summed E-state index contributed by atoms with van der Waals surface area (Å²) in [6.07, 6.45) is 5.83.